The second kappa shape index (κ2) is 8.23. The number of rotatable bonds is 6. The average molecular weight is 361 g/mol. The molecule has 1 unspecified atom stereocenters. The fraction of sp³-hybridized carbons (Fsp3) is 0.579. The topological polar surface area (TPSA) is 41.4 Å². The second-order valence-corrected chi connectivity index (χ2v) is 7.95. The lowest BCUT2D eigenvalue weighted by molar-refractivity contribution is 0.0764. The van der Waals surface area contributed by atoms with E-state index in [1.54, 1.807) is 0 Å². The van der Waals surface area contributed by atoms with Crippen molar-refractivity contribution in [2.24, 2.45) is 7.05 Å². The lowest BCUT2D eigenvalue weighted by Crippen LogP contribution is -2.41. The molecule has 0 saturated carbocycles. The van der Waals surface area contributed by atoms with E-state index in [9.17, 15) is 4.79 Å². The van der Waals surface area contributed by atoms with Crippen LogP contribution < -0.4 is 0 Å². The van der Waals surface area contributed by atoms with Gasteiger partial charge in [-0.1, -0.05) is 12.2 Å². The number of thioether (sulfide) groups is 1. The van der Waals surface area contributed by atoms with Crippen molar-refractivity contribution in [1.82, 2.24) is 19.6 Å². The SMILES string of the molecule is C=CCN(CC=C)C1CCc2c(c(C(=O)N3CCSCC3)nn2C)C1. The summed E-state index contributed by atoms with van der Waals surface area (Å²) in [5.74, 6) is 2.16. The predicted octanol–water partition coefficient (Wildman–Crippen LogP) is 2.14. The van der Waals surface area contributed by atoms with Gasteiger partial charge in [-0.15, -0.1) is 13.2 Å². The Kier molecular flexibility index (Phi) is 6.02. The molecule has 2 aliphatic rings. The molecule has 0 N–H and O–H groups in total. The van der Waals surface area contributed by atoms with Crippen molar-refractivity contribution < 1.29 is 4.79 Å². The van der Waals surface area contributed by atoms with E-state index in [0.29, 0.717) is 11.7 Å². The molecule has 1 saturated heterocycles. The molecule has 0 bridgehead atoms. The first kappa shape index (κ1) is 18.3. The van der Waals surface area contributed by atoms with Gasteiger partial charge in [-0.05, 0) is 19.3 Å². The van der Waals surface area contributed by atoms with Crippen LogP contribution in [0, 0.1) is 0 Å². The fourth-order valence-corrected chi connectivity index (χ4v) is 4.78. The van der Waals surface area contributed by atoms with Crippen molar-refractivity contribution in [2.75, 3.05) is 37.7 Å². The van der Waals surface area contributed by atoms with E-state index in [1.807, 2.05) is 40.5 Å². The van der Waals surface area contributed by atoms with Gasteiger partial charge in [0.1, 0.15) is 0 Å². The van der Waals surface area contributed by atoms with Gasteiger partial charge < -0.3 is 4.90 Å². The molecule has 1 fully saturated rings. The molecule has 25 heavy (non-hydrogen) atoms. The highest BCUT2D eigenvalue weighted by atomic mass is 32.2. The van der Waals surface area contributed by atoms with Crippen molar-refractivity contribution in [3.05, 3.63) is 42.3 Å². The van der Waals surface area contributed by atoms with Crippen LogP contribution in [0.15, 0.2) is 25.3 Å². The van der Waals surface area contributed by atoms with E-state index in [0.717, 1.165) is 62.5 Å². The Labute approximate surface area is 154 Å². The van der Waals surface area contributed by atoms with Crippen LogP contribution in [-0.2, 0) is 19.9 Å². The summed E-state index contributed by atoms with van der Waals surface area (Å²) >= 11 is 1.92. The molecule has 6 heteroatoms. The molecule has 1 aliphatic heterocycles. The van der Waals surface area contributed by atoms with Gasteiger partial charge in [-0.2, -0.15) is 16.9 Å². The largest absolute Gasteiger partial charge is 0.336 e. The normalized spacial score (nSPS) is 20.4. The van der Waals surface area contributed by atoms with Gasteiger partial charge in [-0.3, -0.25) is 14.4 Å². The fourth-order valence-electron chi connectivity index (χ4n) is 3.87. The van der Waals surface area contributed by atoms with Crippen molar-refractivity contribution in [1.29, 1.82) is 0 Å². The number of fused-ring (bicyclic) bond motifs is 1. The van der Waals surface area contributed by atoms with E-state index >= 15 is 0 Å². The third-order valence-corrected chi connectivity index (χ3v) is 6.12. The van der Waals surface area contributed by atoms with E-state index < -0.39 is 0 Å². The van der Waals surface area contributed by atoms with Crippen LogP contribution in [0.25, 0.3) is 0 Å². The maximum absolute atomic E-state index is 13.0. The molecule has 1 atom stereocenters. The highest BCUT2D eigenvalue weighted by molar-refractivity contribution is 7.99. The molecule has 1 aliphatic carbocycles. The van der Waals surface area contributed by atoms with Gasteiger partial charge in [0, 0.05) is 62.0 Å². The molecular weight excluding hydrogens is 332 g/mol. The van der Waals surface area contributed by atoms with E-state index in [2.05, 4.69) is 23.2 Å². The molecule has 3 rings (SSSR count). The average Bonchev–Trinajstić information content (AvgIpc) is 2.98. The Morgan fingerprint density at radius 1 is 1.32 bits per heavy atom. The molecule has 1 aromatic heterocycles. The third-order valence-electron chi connectivity index (χ3n) is 5.17. The number of hydrogen-bond donors (Lipinski definition) is 0. The number of carbonyl (C=O) groups excluding carboxylic acids is 1. The van der Waals surface area contributed by atoms with Crippen LogP contribution in [0.2, 0.25) is 0 Å². The number of aryl methyl sites for hydroxylation is 1. The van der Waals surface area contributed by atoms with Gasteiger partial charge in [0.05, 0.1) is 0 Å². The van der Waals surface area contributed by atoms with Gasteiger partial charge >= 0.3 is 0 Å². The molecule has 2 heterocycles. The van der Waals surface area contributed by atoms with Crippen molar-refractivity contribution in [3.8, 4) is 0 Å². The number of carbonyl (C=O) groups is 1. The molecular formula is C19H28N4OS. The molecule has 0 spiro atoms. The van der Waals surface area contributed by atoms with Crippen molar-refractivity contribution >= 4 is 17.7 Å². The monoisotopic (exact) mass is 360 g/mol. The van der Waals surface area contributed by atoms with Crippen LogP contribution in [0.3, 0.4) is 0 Å². The lowest BCUT2D eigenvalue weighted by Gasteiger charge is -2.33. The summed E-state index contributed by atoms with van der Waals surface area (Å²) in [5, 5.41) is 4.61. The van der Waals surface area contributed by atoms with E-state index in [1.165, 1.54) is 5.69 Å². The molecule has 1 aromatic rings. The number of nitrogens with zero attached hydrogens (tertiary/aromatic N) is 4. The first-order valence-corrected chi connectivity index (χ1v) is 10.2. The van der Waals surface area contributed by atoms with Crippen LogP contribution in [0.1, 0.15) is 28.2 Å². The van der Waals surface area contributed by atoms with Crippen LogP contribution in [0.4, 0.5) is 0 Å². The standard InChI is InChI=1S/C19H28N4OS/c1-4-8-22(9-5-2)15-6-7-17-16(14-15)18(20-21(17)3)19(24)23-10-12-25-13-11-23/h4-5,15H,1-2,6-14H2,3H3. The quantitative estimate of drug-likeness (QED) is 0.729. The summed E-state index contributed by atoms with van der Waals surface area (Å²) in [4.78, 5) is 17.4. The Morgan fingerprint density at radius 2 is 2.00 bits per heavy atom. The maximum atomic E-state index is 13.0. The lowest BCUT2D eigenvalue weighted by atomic mass is 9.90. The highest BCUT2D eigenvalue weighted by Gasteiger charge is 2.32. The Balaban J connectivity index is 1.83. The number of hydrogen-bond acceptors (Lipinski definition) is 4. The number of amides is 1. The molecule has 136 valence electrons. The molecule has 0 aromatic carbocycles. The Bertz CT molecular complexity index is 638. The second-order valence-electron chi connectivity index (χ2n) is 6.73. The molecule has 5 nitrogen and oxygen atoms in total. The highest BCUT2D eigenvalue weighted by Crippen LogP contribution is 2.28. The smallest absolute Gasteiger partial charge is 0.274 e. The maximum Gasteiger partial charge on any atom is 0.274 e. The Hall–Kier alpha value is -1.53. The zero-order valence-corrected chi connectivity index (χ0v) is 15.9. The number of aromatic nitrogens is 2. The summed E-state index contributed by atoms with van der Waals surface area (Å²) in [6, 6.07) is 0.413. The van der Waals surface area contributed by atoms with E-state index in [-0.39, 0.29) is 5.91 Å². The van der Waals surface area contributed by atoms with Gasteiger partial charge in [0.2, 0.25) is 0 Å². The van der Waals surface area contributed by atoms with Gasteiger partial charge in [0.25, 0.3) is 5.91 Å². The molecule has 1 amide bonds. The summed E-state index contributed by atoms with van der Waals surface area (Å²) in [7, 11) is 1.97. The summed E-state index contributed by atoms with van der Waals surface area (Å²) in [6.07, 6.45) is 6.83. The van der Waals surface area contributed by atoms with Crippen LogP contribution in [0.5, 0.6) is 0 Å². The van der Waals surface area contributed by atoms with Gasteiger partial charge in [-0.25, -0.2) is 0 Å². The minimum Gasteiger partial charge on any atom is -0.336 e. The molecule has 0 radical (unpaired) electrons. The van der Waals surface area contributed by atoms with Crippen LogP contribution in [-0.4, -0.2) is 69.2 Å². The Morgan fingerprint density at radius 3 is 2.64 bits per heavy atom. The summed E-state index contributed by atoms with van der Waals surface area (Å²) < 4.78 is 1.92. The minimum atomic E-state index is 0.108. The minimum absolute atomic E-state index is 0.108. The zero-order chi connectivity index (χ0) is 17.8. The first-order valence-electron chi connectivity index (χ1n) is 9.03. The summed E-state index contributed by atoms with van der Waals surface area (Å²) in [5.41, 5.74) is 3.05. The predicted molar refractivity (Wildman–Crippen MR) is 104 cm³/mol. The zero-order valence-electron chi connectivity index (χ0n) is 15.1. The third kappa shape index (κ3) is 3.85. The van der Waals surface area contributed by atoms with Crippen LogP contribution >= 0.6 is 11.8 Å². The van der Waals surface area contributed by atoms with Gasteiger partial charge in [0.15, 0.2) is 5.69 Å². The van der Waals surface area contributed by atoms with E-state index in [4.69, 9.17) is 0 Å². The van der Waals surface area contributed by atoms with Crippen molar-refractivity contribution in [3.63, 3.8) is 0 Å². The first-order chi connectivity index (χ1) is 12.2. The van der Waals surface area contributed by atoms with Crippen molar-refractivity contribution in [2.45, 2.75) is 25.3 Å². The summed E-state index contributed by atoms with van der Waals surface area (Å²) in [6.45, 7) is 11.1.